The minimum atomic E-state index is -1.35. The number of nitrogens with zero attached hydrogens (tertiary/aromatic N) is 1. The van der Waals surface area contributed by atoms with Crippen molar-refractivity contribution in [2.75, 3.05) is 10.2 Å². The van der Waals surface area contributed by atoms with Gasteiger partial charge in [-0.3, -0.25) is 24.5 Å². The highest BCUT2D eigenvalue weighted by molar-refractivity contribution is 6.25. The Bertz CT molecular complexity index is 1390. The summed E-state index contributed by atoms with van der Waals surface area (Å²) in [6, 6.07) is 22.5. The zero-order chi connectivity index (χ0) is 24.3. The molecule has 2 saturated heterocycles. The summed E-state index contributed by atoms with van der Waals surface area (Å²) in [6.45, 7) is 0. The van der Waals surface area contributed by atoms with Gasteiger partial charge in [0, 0.05) is 22.9 Å². The maximum absolute atomic E-state index is 13.9. The van der Waals surface area contributed by atoms with E-state index in [0.717, 1.165) is 10.5 Å². The molecule has 3 aliphatic rings. The van der Waals surface area contributed by atoms with E-state index in [4.69, 9.17) is 5.73 Å². The van der Waals surface area contributed by atoms with E-state index in [1.807, 2.05) is 48.5 Å². The minimum Gasteiger partial charge on any atom is -0.366 e. The number of imide groups is 1. The second kappa shape index (κ2) is 7.61. The number of carbonyl (C=O) groups is 4. The number of amides is 4. The first-order valence-electron chi connectivity index (χ1n) is 11.4. The van der Waals surface area contributed by atoms with Gasteiger partial charge in [0.25, 0.3) is 0 Å². The van der Waals surface area contributed by atoms with Gasteiger partial charge < -0.3 is 11.1 Å². The number of nitrogens with one attached hydrogen (secondary N) is 2. The van der Waals surface area contributed by atoms with Crippen molar-refractivity contribution in [2.45, 2.75) is 18.0 Å². The predicted octanol–water partition coefficient (Wildman–Crippen LogP) is 1.95. The van der Waals surface area contributed by atoms with Crippen LogP contribution in [0.5, 0.6) is 0 Å². The molecule has 1 spiro atoms. The van der Waals surface area contributed by atoms with E-state index >= 15 is 0 Å². The molecule has 0 aliphatic carbocycles. The molecule has 4 atom stereocenters. The van der Waals surface area contributed by atoms with E-state index in [1.165, 1.54) is 24.3 Å². The SMILES string of the molecule is NC(=O)c1ccc(N2C(=O)[C@@H]3[C@@H](Cc4ccccc4)N[C@]4(C(=O)Nc5ccccc54)[C@H]3C2=O)cc1. The number of benzene rings is 3. The molecule has 3 aromatic rings. The average molecular weight is 466 g/mol. The maximum Gasteiger partial charge on any atom is 0.250 e. The summed E-state index contributed by atoms with van der Waals surface area (Å²) >= 11 is 0. The lowest BCUT2D eigenvalue weighted by Gasteiger charge is -2.29. The molecule has 0 unspecified atom stereocenters. The van der Waals surface area contributed by atoms with E-state index in [0.29, 0.717) is 23.4 Å². The van der Waals surface area contributed by atoms with Crippen molar-refractivity contribution >= 4 is 35.0 Å². The van der Waals surface area contributed by atoms with Crippen LogP contribution in [0, 0.1) is 11.8 Å². The molecule has 4 N–H and O–H groups in total. The summed E-state index contributed by atoms with van der Waals surface area (Å²) in [5.41, 5.74) is 6.91. The van der Waals surface area contributed by atoms with E-state index < -0.39 is 35.2 Å². The average Bonchev–Trinajstić information content (AvgIpc) is 3.44. The Kier molecular flexibility index (Phi) is 4.62. The van der Waals surface area contributed by atoms with Gasteiger partial charge in [-0.25, -0.2) is 4.90 Å². The quantitative estimate of drug-likeness (QED) is 0.508. The number of carbonyl (C=O) groups excluding carboxylic acids is 4. The van der Waals surface area contributed by atoms with Crippen LogP contribution < -0.4 is 21.3 Å². The van der Waals surface area contributed by atoms with Gasteiger partial charge in [0.1, 0.15) is 5.54 Å². The van der Waals surface area contributed by atoms with Crippen LogP contribution in [0.15, 0.2) is 78.9 Å². The Balaban J connectivity index is 1.47. The first-order chi connectivity index (χ1) is 16.9. The highest BCUT2D eigenvalue weighted by Gasteiger charge is 2.70. The molecule has 0 saturated carbocycles. The van der Waals surface area contributed by atoms with Gasteiger partial charge in [-0.2, -0.15) is 0 Å². The molecule has 3 heterocycles. The lowest BCUT2D eigenvalue weighted by Crippen LogP contribution is -2.53. The van der Waals surface area contributed by atoms with Gasteiger partial charge in [0.15, 0.2) is 0 Å². The Labute approximate surface area is 201 Å². The molecular weight excluding hydrogens is 444 g/mol. The second-order valence-corrected chi connectivity index (χ2v) is 9.17. The minimum absolute atomic E-state index is 0.275. The van der Waals surface area contributed by atoms with Crippen LogP contribution in [0.25, 0.3) is 0 Å². The van der Waals surface area contributed by atoms with Crippen LogP contribution in [-0.4, -0.2) is 29.7 Å². The van der Waals surface area contributed by atoms with E-state index in [2.05, 4.69) is 10.6 Å². The molecule has 35 heavy (non-hydrogen) atoms. The van der Waals surface area contributed by atoms with Crippen LogP contribution in [0.3, 0.4) is 0 Å². The normalized spacial score (nSPS) is 26.7. The maximum atomic E-state index is 13.9. The second-order valence-electron chi connectivity index (χ2n) is 9.17. The molecule has 3 aliphatic heterocycles. The fraction of sp³-hybridized carbons (Fsp3) is 0.185. The Morgan fingerprint density at radius 2 is 1.57 bits per heavy atom. The van der Waals surface area contributed by atoms with Crippen molar-refractivity contribution in [3.8, 4) is 0 Å². The third-order valence-corrected chi connectivity index (χ3v) is 7.33. The summed E-state index contributed by atoms with van der Waals surface area (Å²) in [5.74, 6) is -3.40. The number of rotatable bonds is 4. The van der Waals surface area contributed by atoms with E-state index in [-0.39, 0.29) is 17.4 Å². The van der Waals surface area contributed by atoms with Gasteiger partial charge in [-0.15, -0.1) is 0 Å². The summed E-state index contributed by atoms with van der Waals surface area (Å²) < 4.78 is 0. The van der Waals surface area contributed by atoms with Crippen molar-refractivity contribution in [1.82, 2.24) is 5.32 Å². The molecule has 8 nitrogen and oxygen atoms in total. The molecular formula is C27H22N4O4. The fourth-order valence-electron chi connectivity index (χ4n) is 5.83. The van der Waals surface area contributed by atoms with E-state index in [9.17, 15) is 19.2 Å². The van der Waals surface area contributed by atoms with Crippen LogP contribution in [0.1, 0.15) is 21.5 Å². The topological polar surface area (TPSA) is 122 Å². The molecule has 0 bridgehead atoms. The third-order valence-electron chi connectivity index (χ3n) is 7.33. The number of anilines is 2. The number of hydrogen-bond acceptors (Lipinski definition) is 5. The third kappa shape index (κ3) is 2.96. The van der Waals surface area contributed by atoms with Crippen LogP contribution in [-0.2, 0) is 26.3 Å². The molecule has 174 valence electrons. The zero-order valence-electron chi connectivity index (χ0n) is 18.6. The number of para-hydroxylation sites is 1. The first kappa shape index (κ1) is 21.2. The summed E-state index contributed by atoms with van der Waals surface area (Å²) in [7, 11) is 0. The number of primary amides is 1. The number of fused-ring (bicyclic) bond motifs is 4. The van der Waals surface area contributed by atoms with E-state index in [1.54, 1.807) is 6.07 Å². The molecule has 4 amide bonds. The molecule has 8 heteroatoms. The summed E-state index contributed by atoms with van der Waals surface area (Å²) in [5, 5.41) is 6.34. The molecule has 0 aromatic heterocycles. The monoisotopic (exact) mass is 466 g/mol. The lowest BCUT2D eigenvalue weighted by molar-refractivity contribution is -0.130. The standard InChI is InChI=1S/C27H22N4O4/c28-23(32)16-10-12-17(13-11-16)31-24(33)21-20(14-15-6-2-1-3-7-15)30-27(22(21)25(31)34)18-8-4-5-9-19(18)29-26(27)35/h1-13,20-22,30H,14H2,(H2,28,32)(H,29,35)/t20-,21-,22-,27+/m1/s1. The molecule has 3 aromatic carbocycles. The lowest BCUT2D eigenvalue weighted by atomic mass is 9.76. The summed E-state index contributed by atoms with van der Waals surface area (Å²) in [6.07, 6.45) is 0.479. The summed E-state index contributed by atoms with van der Waals surface area (Å²) in [4.78, 5) is 53.9. The van der Waals surface area contributed by atoms with Crippen LogP contribution in [0.2, 0.25) is 0 Å². The number of nitrogens with two attached hydrogens (primary N) is 1. The van der Waals surface area contributed by atoms with Crippen molar-refractivity contribution in [1.29, 1.82) is 0 Å². The van der Waals surface area contributed by atoms with Gasteiger partial charge >= 0.3 is 0 Å². The Hall–Kier alpha value is -4.30. The van der Waals surface area contributed by atoms with Gasteiger partial charge in [-0.1, -0.05) is 48.5 Å². The van der Waals surface area contributed by atoms with Crippen molar-refractivity contribution in [3.05, 3.63) is 95.6 Å². The fourth-order valence-corrected chi connectivity index (χ4v) is 5.83. The molecule has 2 fully saturated rings. The Morgan fingerprint density at radius 1 is 0.886 bits per heavy atom. The van der Waals surface area contributed by atoms with Crippen molar-refractivity contribution < 1.29 is 19.2 Å². The molecule has 6 rings (SSSR count). The van der Waals surface area contributed by atoms with Gasteiger partial charge in [0.2, 0.25) is 23.6 Å². The van der Waals surface area contributed by atoms with Gasteiger partial charge in [0.05, 0.1) is 17.5 Å². The Morgan fingerprint density at radius 3 is 2.29 bits per heavy atom. The van der Waals surface area contributed by atoms with Crippen molar-refractivity contribution in [3.63, 3.8) is 0 Å². The number of hydrogen-bond donors (Lipinski definition) is 3. The zero-order valence-corrected chi connectivity index (χ0v) is 18.6. The van der Waals surface area contributed by atoms with Crippen LogP contribution >= 0.6 is 0 Å². The molecule has 0 radical (unpaired) electrons. The first-order valence-corrected chi connectivity index (χ1v) is 11.4. The smallest absolute Gasteiger partial charge is 0.250 e. The highest BCUT2D eigenvalue weighted by Crippen LogP contribution is 2.53. The predicted molar refractivity (Wildman–Crippen MR) is 128 cm³/mol. The highest BCUT2D eigenvalue weighted by atomic mass is 16.2. The largest absolute Gasteiger partial charge is 0.366 e. The van der Waals surface area contributed by atoms with Crippen molar-refractivity contribution in [2.24, 2.45) is 17.6 Å². The van der Waals surface area contributed by atoms with Gasteiger partial charge in [-0.05, 0) is 42.3 Å². The van der Waals surface area contributed by atoms with Crippen LogP contribution in [0.4, 0.5) is 11.4 Å².